The summed E-state index contributed by atoms with van der Waals surface area (Å²) in [6, 6.07) is 16.0. The summed E-state index contributed by atoms with van der Waals surface area (Å²) in [6.07, 6.45) is 1.60. The number of ether oxygens (including phenoxy) is 2. The van der Waals surface area contributed by atoms with Crippen molar-refractivity contribution in [1.29, 1.82) is 0 Å². The minimum Gasteiger partial charge on any atom is -0.487 e. The van der Waals surface area contributed by atoms with E-state index >= 15 is 0 Å². The predicted octanol–water partition coefficient (Wildman–Crippen LogP) is 6.99. The second-order valence-electron chi connectivity index (χ2n) is 6.99. The summed E-state index contributed by atoms with van der Waals surface area (Å²) in [7, 11) is 0. The van der Waals surface area contributed by atoms with Crippen LogP contribution >= 0.6 is 79.4 Å². The second kappa shape index (κ2) is 10.9. The van der Waals surface area contributed by atoms with E-state index in [2.05, 4.69) is 72.8 Å². The van der Waals surface area contributed by atoms with Crippen LogP contribution in [0.4, 0.5) is 5.69 Å². The van der Waals surface area contributed by atoms with Crippen LogP contribution in [-0.2, 0) is 16.1 Å². The molecule has 0 unspecified atom stereocenters. The summed E-state index contributed by atoms with van der Waals surface area (Å²) in [5.74, 6) is 0.100. The average molecular weight is 813 g/mol. The zero-order valence-corrected chi connectivity index (χ0v) is 24.2. The maximum atomic E-state index is 12.4. The molecule has 172 valence electrons. The highest BCUT2D eigenvalue weighted by Gasteiger charge is 2.26. The van der Waals surface area contributed by atoms with Crippen molar-refractivity contribution in [2.24, 2.45) is 4.99 Å². The zero-order chi connectivity index (χ0) is 24.4. The lowest BCUT2D eigenvalue weighted by Gasteiger charge is -2.11. The van der Waals surface area contributed by atoms with Crippen molar-refractivity contribution in [2.45, 2.75) is 6.61 Å². The Morgan fingerprint density at radius 2 is 1.74 bits per heavy atom. The van der Waals surface area contributed by atoms with Crippen LogP contribution < -0.4 is 4.74 Å². The molecule has 1 aliphatic rings. The molecule has 0 atom stereocenters. The molecule has 3 aromatic carbocycles. The number of carbonyl (C=O) groups is 1. The highest BCUT2D eigenvalue weighted by atomic mass is 127. The first kappa shape index (κ1) is 25.3. The molecule has 0 fully saturated rings. The normalized spacial score (nSPS) is 14.2. The lowest BCUT2D eigenvalue weighted by atomic mass is 10.2. The molecule has 11 heteroatoms. The number of carbonyl (C=O) groups excluding carboxylic acids is 1. The van der Waals surface area contributed by atoms with Gasteiger partial charge in [0.05, 0.1) is 12.1 Å². The molecule has 1 heterocycles. The molecule has 0 N–H and O–H groups in total. The molecular formula is C23H12ClI3N2O5. The van der Waals surface area contributed by atoms with Gasteiger partial charge in [-0.15, -0.1) is 0 Å². The fraction of sp³-hybridized carbons (Fsp3) is 0.0435. The molecule has 0 saturated heterocycles. The van der Waals surface area contributed by atoms with Crippen LogP contribution in [0.2, 0.25) is 5.02 Å². The van der Waals surface area contributed by atoms with Crippen molar-refractivity contribution in [1.82, 2.24) is 0 Å². The van der Waals surface area contributed by atoms with E-state index in [9.17, 15) is 14.9 Å². The van der Waals surface area contributed by atoms with Crippen LogP contribution in [0.15, 0.2) is 65.3 Å². The maximum absolute atomic E-state index is 12.4. The van der Waals surface area contributed by atoms with Crippen molar-refractivity contribution in [3.63, 3.8) is 0 Å². The van der Waals surface area contributed by atoms with Gasteiger partial charge in [0.2, 0.25) is 5.90 Å². The van der Waals surface area contributed by atoms with Crippen LogP contribution in [0, 0.1) is 20.8 Å². The van der Waals surface area contributed by atoms with E-state index in [4.69, 9.17) is 21.1 Å². The third kappa shape index (κ3) is 5.88. The Labute approximate surface area is 240 Å². The van der Waals surface area contributed by atoms with Crippen molar-refractivity contribution < 1.29 is 19.2 Å². The Hall–Kier alpha value is -1.78. The van der Waals surface area contributed by atoms with Gasteiger partial charge >= 0.3 is 5.97 Å². The Balaban J connectivity index is 1.57. The van der Waals surface area contributed by atoms with E-state index < -0.39 is 10.9 Å². The number of aliphatic imine (C=N–C) groups is 1. The molecule has 0 saturated carbocycles. The summed E-state index contributed by atoms with van der Waals surface area (Å²) in [4.78, 5) is 27.1. The maximum Gasteiger partial charge on any atom is 0.363 e. The van der Waals surface area contributed by atoms with Crippen LogP contribution in [-0.4, -0.2) is 16.8 Å². The molecular weight excluding hydrogens is 800 g/mol. The minimum atomic E-state index is -0.642. The third-order valence-corrected chi connectivity index (χ3v) is 7.27. The average Bonchev–Trinajstić information content (AvgIpc) is 3.14. The van der Waals surface area contributed by atoms with Gasteiger partial charge in [-0.1, -0.05) is 23.7 Å². The van der Waals surface area contributed by atoms with Gasteiger partial charge in [-0.05, 0) is 121 Å². The Morgan fingerprint density at radius 3 is 2.38 bits per heavy atom. The van der Waals surface area contributed by atoms with E-state index in [1.165, 1.54) is 18.2 Å². The van der Waals surface area contributed by atoms with E-state index in [1.807, 2.05) is 36.4 Å². The zero-order valence-electron chi connectivity index (χ0n) is 16.9. The van der Waals surface area contributed by atoms with Gasteiger partial charge in [-0.3, -0.25) is 10.1 Å². The molecule has 0 radical (unpaired) electrons. The van der Waals surface area contributed by atoms with Crippen molar-refractivity contribution in [2.75, 3.05) is 0 Å². The lowest BCUT2D eigenvalue weighted by molar-refractivity contribution is -0.384. The monoisotopic (exact) mass is 812 g/mol. The third-order valence-electron chi connectivity index (χ3n) is 4.63. The fourth-order valence-electron chi connectivity index (χ4n) is 3.01. The predicted molar refractivity (Wildman–Crippen MR) is 154 cm³/mol. The van der Waals surface area contributed by atoms with Crippen molar-refractivity contribution in [3.05, 3.63) is 103 Å². The van der Waals surface area contributed by atoms with E-state index in [0.29, 0.717) is 6.61 Å². The van der Waals surface area contributed by atoms with Crippen molar-refractivity contribution in [3.8, 4) is 5.75 Å². The first-order chi connectivity index (χ1) is 16.2. The van der Waals surface area contributed by atoms with Crippen LogP contribution in [0.25, 0.3) is 6.08 Å². The van der Waals surface area contributed by atoms with Gasteiger partial charge in [0.25, 0.3) is 5.69 Å². The number of nitrogens with zero attached hydrogens (tertiary/aromatic N) is 2. The Kier molecular flexibility index (Phi) is 8.09. The Bertz CT molecular complexity index is 1350. The standard InChI is InChI=1S/C23H12ClI3N2O5/c24-16-6-3-14(10-20(16)29(31)32)22-28-19(23(30)34-22)9-13-7-17(26)21(18(27)8-13)33-11-12-1-4-15(25)5-2-12/h1-10H,11H2/b19-9-. The largest absolute Gasteiger partial charge is 0.487 e. The molecule has 7 nitrogen and oxygen atoms in total. The smallest absolute Gasteiger partial charge is 0.363 e. The molecule has 4 rings (SSSR count). The molecule has 1 aliphatic heterocycles. The number of benzene rings is 3. The number of hydrogen-bond acceptors (Lipinski definition) is 6. The van der Waals surface area contributed by atoms with Gasteiger partial charge in [0, 0.05) is 15.2 Å². The summed E-state index contributed by atoms with van der Waals surface area (Å²) < 4.78 is 14.2. The first-order valence-electron chi connectivity index (χ1n) is 9.54. The summed E-state index contributed by atoms with van der Waals surface area (Å²) in [6.45, 7) is 0.441. The highest BCUT2D eigenvalue weighted by Crippen LogP contribution is 2.32. The number of nitro groups is 1. The van der Waals surface area contributed by atoms with Gasteiger partial charge in [0.15, 0.2) is 5.70 Å². The second-order valence-corrected chi connectivity index (χ2v) is 11.0. The van der Waals surface area contributed by atoms with E-state index in [1.54, 1.807) is 6.08 Å². The minimum absolute atomic E-state index is 0.0112. The first-order valence-corrected chi connectivity index (χ1v) is 13.2. The lowest BCUT2D eigenvalue weighted by Crippen LogP contribution is -2.06. The van der Waals surface area contributed by atoms with Crippen LogP contribution in [0.5, 0.6) is 5.75 Å². The Morgan fingerprint density at radius 1 is 1.06 bits per heavy atom. The number of halogens is 4. The van der Waals surface area contributed by atoms with E-state index in [-0.39, 0.29) is 27.9 Å². The van der Waals surface area contributed by atoms with Gasteiger partial charge in [-0.25, -0.2) is 9.79 Å². The molecule has 0 amide bonds. The molecule has 0 aliphatic carbocycles. The van der Waals surface area contributed by atoms with Gasteiger partial charge in [-0.2, -0.15) is 0 Å². The summed E-state index contributed by atoms with van der Waals surface area (Å²) in [5, 5.41) is 11.1. The van der Waals surface area contributed by atoms with Gasteiger partial charge in [0.1, 0.15) is 17.4 Å². The number of rotatable bonds is 6. The van der Waals surface area contributed by atoms with Crippen LogP contribution in [0.1, 0.15) is 16.7 Å². The molecule has 34 heavy (non-hydrogen) atoms. The number of hydrogen-bond donors (Lipinski definition) is 0. The molecule has 0 bridgehead atoms. The topological polar surface area (TPSA) is 91.0 Å². The van der Waals surface area contributed by atoms with Crippen molar-refractivity contribution >= 4 is 103 Å². The number of cyclic esters (lactones) is 1. The fourth-order valence-corrected chi connectivity index (χ4v) is 5.69. The van der Waals surface area contributed by atoms with Gasteiger partial charge < -0.3 is 9.47 Å². The number of nitro benzene ring substituents is 1. The van der Waals surface area contributed by atoms with E-state index in [0.717, 1.165) is 27.6 Å². The number of esters is 1. The molecule has 3 aromatic rings. The highest BCUT2D eigenvalue weighted by molar-refractivity contribution is 14.1. The molecule has 0 spiro atoms. The SMILES string of the molecule is O=C1OC(c2ccc(Cl)c([N+](=O)[O-])c2)=N/C1=C\c1cc(I)c(OCc2ccc(I)cc2)c(I)c1. The summed E-state index contributed by atoms with van der Waals surface area (Å²) in [5.41, 5.74) is 1.90. The summed E-state index contributed by atoms with van der Waals surface area (Å²) >= 11 is 12.5. The van der Waals surface area contributed by atoms with Crippen LogP contribution in [0.3, 0.4) is 0 Å². The molecule has 0 aromatic heterocycles. The quantitative estimate of drug-likeness (QED) is 0.0882.